The Bertz CT molecular complexity index is 669. The van der Waals surface area contributed by atoms with Gasteiger partial charge < -0.3 is 19.9 Å². The summed E-state index contributed by atoms with van der Waals surface area (Å²) in [5.74, 6) is 1.00. The molecule has 21 heavy (non-hydrogen) atoms. The second-order valence-corrected chi connectivity index (χ2v) is 4.67. The first-order valence-electron chi connectivity index (χ1n) is 6.67. The van der Waals surface area contributed by atoms with Crippen molar-refractivity contribution in [2.45, 2.75) is 6.61 Å². The van der Waals surface area contributed by atoms with E-state index in [-0.39, 0.29) is 12.5 Å². The monoisotopic (exact) mass is 285 g/mol. The molecule has 1 amide bonds. The average molecular weight is 285 g/mol. The van der Waals surface area contributed by atoms with Gasteiger partial charge in [0.05, 0.1) is 6.61 Å². The second kappa shape index (κ2) is 5.85. The Balaban J connectivity index is 1.78. The Kier molecular flexibility index (Phi) is 3.75. The Morgan fingerprint density at radius 2 is 1.90 bits per heavy atom. The third kappa shape index (κ3) is 2.98. The number of carbonyl (C=O) groups is 1. The number of benzene rings is 2. The van der Waals surface area contributed by atoms with E-state index in [9.17, 15) is 4.79 Å². The SMILES string of the molecule is O=C(Nc1cccc(CO)c1)c1ccc2c(c1)OCCO2. The van der Waals surface area contributed by atoms with Gasteiger partial charge in [-0.15, -0.1) is 0 Å². The van der Waals surface area contributed by atoms with Gasteiger partial charge in [0.2, 0.25) is 0 Å². The summed E-state index contributed by atoms with van der Waals surface area (Å²) in [6.45, 7) is 0.941. The molecule has 1 aliphatic rings. The predicted molar refractivity (Wildman–Crippen MR) is 77.8 cm³/mol. The third-order valence-corrected chi connectivity index (χ3v) is 3.17. The summed E-state index contributed by atoms with van der Waals surface area (Å²) < 4.78 is 10.9. The highest BCUT2D eigenvalue weighted by molar-refractivity contribution is 6.04. The number of nitrogens with one attached hydrogen (secondary N) is 1. The number of hydrogen-bond donors (Lipinski definition) is 2. The van der Waals surface area contributed by atoms with E-state index >= 15 is 0 Å². The molecule has 2 N–H and O–H groups in total. The van der Waals surface area contributed by atoms with Gasteiger partial charge >= 0.3 is 0 Å². The summed E-state index contributed by atoms with van der Waals surface area (Å²) in [5.41, 5.74) is 1.88. The summed E-state index contributed by atoms with van der Waals surface area (Å²) in [4.78, 5) is 12.2. The molecular weight excluding hydrogens is 270 g/mol. The van der Waals surface area contributed by atoms with Crippen LogP contribution in [0, 0.1) is 0 Å². The predicted octanol–water partition coefficient (Wildman–Crippen LogP) is 2.20. The molecule has 2 aromatic carbocycles. The standard InChI is InChI=1S/C16H15NO4/c18-10-11-2-1-3-13(8-11)17-16(19)12-4-5-14-15(9-12)21-7-6-20-14/h1-5,8-9,18H,6-7,10H2,(H,17,19). The van der Waals surface area contributed by atoms with E-state index in [0.29, 0.717) is 36.0 Å². The minimum atomic E-state index is -0.234. The quantitative estimate of drug-likeness (QED) is 0.907. The first-order chi connectivity index (χ1) is 10.3. The minimum Gasteiger partial charge on any atom is -0.486 e. The molecule has 0 spiro atoms. The molecule has 0 unspecified atom stereocenters. The molecule has 108 valence electrons. The maximum absolute atomic E-state index is 12.2. The fourth-order valence-electron chi connectivity index (χ4n) is 2.14. The topological polar surface area (TPSA) is 67.8 Å². The van der Waals surface area contributed by atoms with Crippen molar-refractivity contribution in [3.05, 3.63) is 53.6 Å². The van der Waals surface area contributed by atoms with E-state index in [1.807, 2.05) is 0 Å². The number of fused-ring (bicyclic) bond motifs is 1. The Morgan fingerprint density at radius 1 is 1.10 bits per heavy atom. The zero-order valence-corrected chi connectivity index (χ0v) is 11.3. The van der Waals surface area contributed by atoms with Crippen molar-refractivity contribution in [1.29, 1.82) is 0 Å². The molecule has 0 aliphatic carbocycles. The van der Waals surface area contributed by atoms with Gasteiger partial charge in [-0.2, -0.15) is 0 Å². The highest BCUT2D eigenvalue weighted by atomic mass is 16.6. The Hall–Kier alpha value is -2.53. The molecule has 0 bridgehead atoms. The number of hydrogen-bond acceptors (Lipinski definition) is 4. The molecule has 0 saturated carbocycles. The van der Waals surface area contributed by atoms with Crippen molar-refractivity contribution >= 4 is 11.6 Å². The lowest BCUT2D eigenvalue weighted by Gasteiger charge is -2.18. The molecule has 0 atom stereocenters. The van der Waals surface area contributed by atoms with Crippen LogP contribution in [0.3, 0.4) is 0 Å². The molecule has 0 aromatic heterocycles. The zero-order chi connectivity index (χ0) is 14.7. The van der Waals surface area contributed by atoms with Crippen molar-refractivity contribution in [3.63, 3.8) is 0 Å². The average Bonchev–Trinajstić information content (AvgIpc) is 2.54. The van der Waals surface area contributed by atoms with Gasteiger partial charge in [0.15, 0.2) is 11.5 Å². The van der Waals surface area contributed by atoms with Gasteiger partial charge in [-0.1, -0.05) is 12.1 Å². The van der Waals surface area contributed by atoms with Crippen molar-refractivity contribution < 1.29 is 19.4 Å². The molecule has 3 rings (SSSR count). The van der Waals surface area contributed by atoms with E-state index in [4.69, 9.17) is 14.6 Å². The summed E-state index contributed by atoms with van der Waals surface area (Å²) in [7, 11) is 0. The van der Waals surface area contributed by atoms with Crippen LogP contribution in [0.4, 0.5) is 5.69 Å². The van der Waals surface area contributed by atoms with Crippen LogP contribution in [0.1, 0.15) is 15.9 Å². The third-order valence-electron chi connectivity index (χ3n) is 3.17. The summed E-state index contributed by atoms with van der Waals surface area (Å²) in [6, 6.07) is 12.2. The maximum Gasteiger partial charge on any atom is 0.255 e. The highest BCUT2D eigenvalue weighted by Crippen LogP contribution is 2.30. The molecule has 5 nitrogen and oxygen atoms in total. The molecule has 5 heteroatoms. The lowest BCUT2D eigenvalue weighted by atomic mass is 10.1. The molecule has 1 heterocycles. The van der Waals surface area contributed by atoms with Crippen molar-refractivity contribution in [3.8, 4) is 11.5 Å². The molecule has 0 fully saturated rings. The van der Waals surface area contributed by atoms with Crippen LogP contribution in [0.25, 0.3) is 0 Å². The van der Waals surface area contributed by atoms with Crippen molar-refractivity contribution in [2.75, 3.05) is 18.5 Å². The van der Waals surface area contributed by atoms with E-state index in [0.717, 1.165) is 5.56 Å². The minimum absolute atomic E-state index is 0.0618. The fourth-order valence-corrected chi connectivity index (χ4v) is 2.14. The van der Waals surface area contributed by atoms with Gasteiger partial charge in [0, 0.05) is 11.3 Å². The largest absolute Gasteiger partial charge is 0.486 e. The van der Waals surface area contributed by atoms with Gasteiger partial charge in [-0.05, 0) is 35.9 Å². The Morgan fingerprint density at radius 3 is 2.71 bits per heavy atom. The fraction of sp³-hybridized carbons (Fsp3) is 0.188. The first-order valence-corrected chi connectivity index (χ1v) is 6.67. The number of aliphatic hydroxyl groups is 1. The number of aliphatic hydroxyl groups excluding tert-OH is 1. The van der Waals surface area contributed by atoms with Gasteiger partial charge in [0.1, 0.15) is 13.2 Å². The van der Waals surface area contributed by atoms with Crippen LogP contribution in [0.5, 0.6) is 11.5 Å². The van der Waals surface area contributed by atoms with Crippen molar-refractivity contribution in [1.82, 2.24) is 0 Å². The molecule has 1 aliphatic heterocycles. The van der Waals surface area contributed by atoms with Crippen LogP contribution in [-0.4, -0.2) is 24.2 Å². The molecule has 2 aromatic rings. The second-order valence-electron chi connectivity index (χ2n) is 4.67. The molecular formula is C16H15NO4. The van der Waals surface area contributed by atoms with Crippen molar-refractivity contribution in [2.24, 2.45) is 0 Å². The normalized spacial score (nSPS) is 12.8. The summed E-state index contributed by atoms with van der Waals surface area (Å²) >= 11 is 0. The van der Waals surface area contributed by atoms with Gasteiger partial charge in [0.25, 0.3) is 5.91 Å². The van der Waals surface area contributed by atoms with Crippen LogP contribution in [0.15, 0.2) is 42.5 Å². The smallest absolute Gasteiger partial charge is 0.255 e. The first kappa shape index (κ1) is 13.5. The number of ether oxygens (including phenoxy) is 2. The maximum atomic E-state index is 12.2. The zero-order valence-electron chi connectivity index (χ0n) is 11.3. The molecule has 0 saturated heterocycles. The number of amides is 1. The molecule has 0 radical (unpaired) electrons. The van der Waals surface area contributed by atoms with Crippen LogP contribution in [-0.2, 0) is 6.61 Å². The summed E-state index contributed by atoms with van der Waals surface area (Å²) in [5, 5.41) is 11.9. The lowest BCUT2D eigenvalue weighted by Crippen LogP contribution is -2.17. The lowest BCUT2D eigenvalue weighted by molar-refractivity contribution is 0.102. The number of anilines is 1. The number of carbonyl (C=O) groups excluding carboxylic acids is 1. The summed E-state index contributed by atoms with van der Waals surface area (Å²) in [6.07, 6.45) is 0. The number of rotatable bonds is 3. The van der Waals surface area contributed by atoms with Crippen LogP contribution >= 0.6 is 0 Å². The van der Waals surface area contributed by atoms with Crippen LogP contribution in [0.2, 0.25) is 0 Å². The van der Waals surface area contributed by atoms with Crippen LogP contribution < -0.4 is 14.8 Å². The van der Waals surface area contributed by atoms with E-state index < -0.39 is 0 Å². The van der Waals surface area contributed by atoms with E-state index in [1.165, 1.54) is 0 Å². The van der Waals surface area contributed by atoms with E-state index in [1.54, 1.807) is 42.5 Å². The van der Waals surface area contributed by atoms with Gasteiger partial charge in [-0.3, -0.25) is 4.79 Å². The highest BCUT2D eigenvalue weighted by Gasteiger charge is 2.15. The van der Waals surface area contributed by atoms with E-state index in [2.05, 4.69) is 5.32 Å². The van der Waals surface area contributed by atoms with Gasteiger partial charge in [-0.25, -0.2) is 0 Å². The Labute approximate surface area is 122 Å².